The monoisotopic (exact) mass is 379 g/mol. The zero-order valence-corrected chi connectivity index (χ0v) is 16.8. The van der Waals surface area contributed by atoms with Gasteiger partial charge in [-0.05, 0) is 35.2 Å². The summed E-state index contributed by atoms with van der Waals surface area (Å²) in [5.41, 5.74) is 4.88. The molecule has 0 saturated heterocycles. The van der Waals surface area contributed by atoms with Crippen LogP contribution in [0.1, 0.15) is 23.1 Å². The molecule has 1 heterocycles. The Hall–Kier alpha value is -2.79. The molecule has 0 aliphatic carbocycles. The molecule has 0 radical (unpaired) electrons. The van der Waals surface area contributed by atoms with Crippen LogP contribution in [0.5, 0.6) is 5.75 Å². The molecule has 0 fully saturated rings. The minimum absolute atomic E-state index is 0.0233. The van der Waals surface area contributed by atoms with Crippen LogP contribution >= 0.6 is 0 Å². The first-order valence-electron chi connectivity index (χ1n) is 9.69. The van der Waals surface area contributed by atoms with E-state index < -0.39 is 0 Å². The number of anilines is 1. The molecule has 1 amide bonds. The lowest BCUT2D eigenvalue weighted by Gasteiger charge is -2.17. The van der Waals surface area contributed by atoms with Gasteiger partial charge in [0.05, 0.1) is 0 Å². The number of amides is 1. The number of benzene rings is 2. The molecule has 148 valence electrons. The van der Waals surface area contributed by atoms with Crippen molar-refractivity contribution in [1.29, 1.82) is 0 Å². The minimum atomic E-state index is -0.0936. The highest BCUT2D eigenvalue weighted by Gasteiger charge is 2.17. The van der Waals surface area contributed by atoms with Gasteiger partial charge in [0.25, 0.3) is 5.91 Å². The summed E-state index contributed by atoms with van der Waals surface area (Å²) >= 11 is 0. The van der Waals surface area contributed by atoms with Crippen LogP contribution in [0.4, 0.5) is 5.69 Å². The van der Waals surface area contributed by atoms with Crippen molar-refractivity contribution in [2.75, 3.05) is 38.7 Å². The molecule has 0 saturated carbocycles. The first kappa shape index (κ1) is 20.0. The third kappa shape index (κ3) is 5.14. The van der Waals surface area contributed by atoms with Crippen LogP contribution in [0.25, 0.3) is 6.08 Å². The molecule has 5 heteroatoms. The average molecular weight is 380 g/mol. The smallest absolute Gasteiger partial charge is 0.257 e. The number of nitrogens with one attached hydrogen (secondary N) is 1. The summed E-state index contributed by atoms with van der Waals surface area (Å²) in [4.78, 5) is 16.5. The van der Waals surface area contributed by atoms with Crippen molar-refractivity contribution in [3.63, 3.8) is 0 Å². The SMILES string of the molecule is C=Cc1ccc(OCC(=O)NCCCN2Cc3ccccc3C2)cc1N(C)C. The topological polar surface area (TPSA) is 44.8 Å². The van der Waals surface area contributed by atoms with Crippen molar-refractivity contribution in [3.8, 4) is 5.75 Å². The van der Waals surface area contributed by atoms with E-state index in [0.717, 1.165) is 37.3 Å². The Labute approximate surface area is 167 Å². The lowest BCUT2D eigenvalue weighted by atomic mass is 10.1. The predicted octanol–water partition coefficient (Wildman–Crippen LogP) is 3.30. The third-order valence-corrected chi connectivity index (χ3v) is 4.95. The normalized spacial score (nSPS) is 13.1. The molecule has 1 aliphatic heterocycles. The van der Waals surface area contributed by atoms with Crippen molar-refractivity contribution in [1.82, 2.24) is 10.2 Å². The number of hydrogen-bond donors (Lipinski definition) is 1. The van der Waals surface area contributed by atoms with E-state index in [-0.39, 0.29) is 12.5 Å². The molecule has 5 nitrogen and oxygen atoms in total. The molecule has 1 N–H and O–H groups in total. The quantitative estimate of drug-likeness (QED) is 0.679. The van der Waals surface area contributed by atoms with Gasteiger partial charge in [0.1, 0.15) is 5.75 Å². The van der Waals surface area contributed by atoms with Gasteiger partial charge >= 0.3 is 0 Å². The van der Waals surface area contributed by atoms with E-state index in [0.29, 0.717) is 12.3 Å². The van der Waals surface area contributed by atoms with Crippen molar-refractivity contribution >= 4 is 17.7 Å². The molecule has 0 bridgehead atoms. The Morgan fingerprint density at radius 3 is 2.57 bits per heavy atom. The Morgan fingerprint density at radius 1 is 1.21 bits per heavy atom. The summed E-state index contributed by atoms with van der Waals surface area (Å²) in [6.07, 6.45) is 2.74. The van der Waals surface area contributed by atoms with Gasteiger partial charge in [0, 0.05) is 52.0 Å². The molecular weight excluding hydrogens is 350 g/mol. The summed E-state index contributed by atoms with van der Waals surface area (Å²) < 4.78 is 5.65. The Morgan fingerprint density at radius 2 is 1.93 bits per heavy atom. The van der Waals surface area contributed by atoms with Crippen LogP contribution in [0, 0.1) is 0 Å². The standard InChI is InChI=1S/C23H29N3O2/c1-4-18-10-11-21(14-22(18)25(2)3)28-17-23(27)24-12-7-13-26-15-19-8-5-6-9-20(19)16-26/h4-6,8-11,14H,1,7,12-13,15-17H2,2-3H3,(H,24,27). The maximum atomic E-state index is 12.1. The fraction of sp³-hybridized carbons (Fsp3) is 0.348. The van der Waals surface area contributed by atoms with Crippen LogP contribution in [-0.4, -0.2) is 44.6 Å². The number of hydrogen-bond acceptors (Lipinski definition) is 4. The predicted molar refractivity (Wildman–Crippen MR) is 115 cm³/mol. The van der Waals surface area contributed by atoms with Crippen LogP contribution in [0.2, 0.25) is 0 Å². The Bertz CT molecular complexity index is 807. The highest BCUT2D eigenvalue weighted by Crippen LogP contribution is 2.25. The molecule has 0 unspecified atom stereocenters. The Kier molecular flexibility index (Phi) is 6.71. The first-order chi connectivity index (χ1) is 13.6. The van der Waals surface area contributed by atoms with Gasteiger partial charge in [-0.15, -0.1) is 0 Å². The molecule has 28 heavy (non-hydrogen) atoms. The molecule has 3 rings (SSSR count). The van der Waals surface area contributed by atoms with Crippen LogP contribution in [0.3, 0.4) is 0 Å². The summed E-state index contributed by atoms with van der Waals surface area (Å²) in [6.45, 7) is 7.49. The second-order valence-corrected chi connectivity index (χ2v) is 7.29. The van der Waals surface area contributed by atoms with E-state index in [1.54, 1.807) is 0 Å². The highest BCUT2D eigenvalue weighted by molar-refractivity contribution is 5.77. The summed E-state index contributed by atoms with van der Waals surface area (Å²) in [5.74, 6) is 0.586. The van der Waals surface area contributed by atoms with E-state index in [4.69, 9.17) is 4.74 Å². The van der Waals surface area contributed by atoms with Gasteiger partial charge in [0.2, 0.25) is 0 Å². The molecule has 2 aromatic carbocycles. The fourth-order valence-corrected chi connectivity index (χ4v) is 3.47. The van der Waals surface area contributed by atoms with Gasteiger partial charge in [-0.3, -0.25) is 9.69 Å². The first-order valence-corrected chi connectivity index (χ1v) is 9.69. The second kappa shape index (κ2) is 9.42. The largest absolute Gasteiger partial charge is 0.484 e. The fourth-order valence-electron chi connectivity index (χ4n) is 3.47. The van der Waals surface area contributed by atoms with Crippen LogP contribution < -0.4 is 15.0 Å². The van der Waals surface area contributed by atoms with E-state index in [9.17, 15) is 4.79 Å². The third-order valence-electron chi connectivity index (χ3n) is 4.95. The van der Waals surface area contributed by atoms with Crippen molar-refractivity contribution in [3.05, 3.63) is 65.7 Å². The van der Waals surface area contributed by atoms with Gasteiger partial charge in [-0.25, -0.2) is 0 Å². The van der Waals surface area contributed by atoms with E-state index >= 15 is 0 Å². The highest BCUT2D eigenvalue weighted by atomic mass is 16.5. The maximum Gasteiger partial charge on any atom is 0.257 e. The van der Waals surface area contributed by atoms with Gasteiger partial charge < -0.3 is 15.0 Å². The average Bonchev–Trinajstić information content (AvgIpc) is 3.12. The van der Waals surface area contributed by atoms with Crippen molar-refractivity contribution in [2.24, 2.45) is 0 Å². The molecule has 1 aliphatic rings. The molecule has 0 atom stereocenters. The number of fused-ring (bicyclic) bond motifs is 1. The lowest BCUT2D eigenvalue weighted by Crippen LogP contribution is -2.31. The van der Waals surface area contributed by atoms with E-state index in [1.165, 1.54) is 11.1 Å². The number of rotatable bonds is 9. The molecule has 0 aromatic heterocycles. The Balaban J connectivity index is 1.36. The summed E-state index contributed by atoms with van der Waals surface area (Å²) in [6, 6.07) is 14.3. The van der Waals surface area contributed by atoms with Gasteiger partial charge in [0.15, 0.2) is 6.61 Å². The summed E-state index contributed by atoms with van der Waals surface area (Å²) in [7, 11) is 3.94. The lowest BCUT2D eigenvalue weighted by molar-refractivity contribution is -0.123. The van der Waals surface area contributed by atoms with Crippen molar-refractivity contribution < 1.29 is 9.53 Å². The van der Waals surface area contributed by atoms with Crippen molar-refractivity contribution in [2.45, 2.75) is 19.5 Å². The maximum absolute atomic E-state index is 12.1. The molecule has 2 aromatic rings. The number of ether oxygens (including phenoxy) is 1. The molecular formula is C23H29N3O2. The number of nitrogens with zero attached hydrogens (tertiary/aromatic N) is 2. The summed E-state index contributed by atoms with van der Waals surface area (Å²) in [5, 5.41) is 2.94. The zero-order valence-electron chi connectivity index (χ0n) is 16.8. The number of carbonyl (C=O) groups is 1. The number of carbonyl (C=O) groups excluding carboxylic acids is 1. The second-order valence-electron chi connectivity index (χ2n) is 7.29. The van der Waals surface area contributed by atoms with Gasteiger partial charge in [-0.2, -0.15) is 0 Å². The molecule has 0 spiro atoms. The van der Waals surface area contributed by atoms with E-state index in [2.05, 4.69) is 41.1 Å². The van der Waals surface area contributed by atoms with Crippen LogP contribution in [0.15, 0.2) is 49.0 Å². The zero-order chi connectivity index (χ0) is 19.9. The minimum Gasteiger partial charge on any atom is -0.484 e. The van der Waals surface area contributed by atoms with Gasteiger partial charge in [-0.1, -0.05) is 36.9 Å². The van der Waals surface area contributed by atoms with E-state index in [1.807, 2.05) is 43.3 Å². The van der Waals surface area contributed by atoms with Crippen LogP contribution in [-0.2, 0) is 17.9 Å².